The van der Waals surface area contributed by atoms with Gasteiger partial charge in [0.2, 0.25) is 0 Å². The lowest BCUT2D eigenvalue weighted by molar-refractivity contribution is -0.143. The quantitative estimate of drug-likeness (QED) is 0.286. The lowest BCUT2D eigenvalue weighted by Gasteiger charge is -2.36. The molecule has 5 heteroatoms. The van der Waals surface area contributed by atoms with Gasteiger partial charge in [0.05, 0.1) is 21.3 Å². The molecule has 0 saturated carbocycles. The summed E-state index contributed by atoms with van der Waals surface area (Å²) in [5, 5.41) is 1.38. The zero-order valence-electron chi connectivity index (χ0n) is 20.2. The Bertz CT molecular complexity index is 785. The number of ether oxygens (including phenoxy) is 2. The molecule has 2 aromatic carbocycles. The van der Waals surface area contributed by atoms with Crippen LogP contribution in [0.15, 0.2) is 60.7 Å². The van der Waals surface area contributed by atoms with E-state index in [9.17, 15) is 4.79 Å². The van der Waals surface area contributed by atoms with E-state index in [4.69, 9.17) is 9.47 Å². The van der Waals surface area contributed by atoms with Gasteiger partial charge in [-0.15, -0.1) is 0 Å². The van der Waals surface area contributed by atoms with Crippen molar-refractivity contribution in [2.75, 3.05) is 13.2 Å². The molecule has 170 valence electrons. The summed E-state index contributed by atoms with van der Waals surface area (Å²) in [6, 6.07) is 22.0. The highest BCUT2D eigenvalue weighted by atomic mass is 28.3. The predicted octanol–water partition coefficient (Wildman–Crippen LogP) is 6.10. The Morgan fingerprint density at radius 1 is 0.903 bits per heavy atom. The van der Waals surface area contributed by atoms with E-state index in [1.54, 1.807) is 0 Å². The molecule has 0 aliphatic carbocycles. The van der Waals surface area contributed by atoms with Crippen molar-refractivity contribution >= 4 is 27.3 Å². The van der Waals surface area contributed by atoms with Gasteiger partial charge in [0.15, 0.2) is 0 Å². The summed E-state index contributed by atoms with van der Waals surface area (Å²) < 4.78 is 11.8. The fourth-order valence-corrected chi connectivity index (χ4v) is 8.40. The third-order valence-electron chi connectivity index (χ3n) is 6.13. The molecule has 0 bridgehead atoms. The van der Waals surface area contributed by atoms with Crippen molar-refractivity contribution in [3.8, 4) is 0 Å². The van der Waals surface area contributed by atoms with Gasteiger partial charge in [0.25, 0.3) is 0 Å². The largest absolute Gasteiger partial charge is 0.466 e. The molecule has 0 heterocycles. The molecule has 0 aliphatic heterocycles. The zero-order chi connectivity index (χ0) is 22.9. The van der Waals surface area contributed by atoms with Gasteiger partial charge >= 0.3 is 5.97 Å². The summed E-state index contributed by atoms with van der Waals surface area (Å²) in [6.45, 7) is 15.7. The number of carbonyl (C=O) groups is 1. The average Bonchev–Trinajstić information content (AvgIpc) is 2.72. The number of hydrogen-bond acceptors (Lipinski definition) is 3. The Labute approximate surface area is 191 Å². The molecule has 0 unspecified atom stereocenters. The van der Waals surface area contributed by atoms with Gasteiger partial charge in [-0.25, -0.2) is 0 Å². The first-order chi connectivity index (χ1) is 14.6. The monoisotopic (exact) mass is 456 g/mol. The summed E-state index contributed by atoms with van der Waals surface area (Å²) >= 11 is 0. The summed E-state index contributed by atoms with van der Waals surface area (Å²) in [4.78, 5) is 12.8. The maximum absolute atomic E-state index is 12.8. The Morgan fingerprint density at radius 3 is 2.06 bits per heavy atom. The summed E-state index contributed by atoms with van der Waals surface area (Å²) in [5.41, 5.74) is 1.43. The van der Waals surface area contributed by atoms with Crippen molar-refractivity contribution in [2.45, 2.75) is 64.3 Å². The van der Waals surface area contributed by atoms with Crippen LogP contribution in [0.2, 0.25) is 44.3 Å². The lowest BCUT2D eigenvalue weighted by atomic mass is 10.1. The molecule has 0 amide bonds. The Kier molecular flexibility index (Phi) is 9.72. The minimum absolute atomic E-state index is 0.0605. The van der Waals surface area contributed by atoms with Gasteiger partial charge in [-0.05, 0) is 23.1 Å². The maximum atomic E-state index is 12.8. The molecular weight excluding hydrogens is 416 g/mol. The van der Waals surface area contributed by atoms with Crippen LogP contribution in [-0.4, -0.2) is 35.3 Å². The fraction of sp³-hybridized carbons (Fsp3) is 0.500. The van der Waals surface area contributed by atoms with E-state index >= 15 is 0 Å². The second-order valence-corrected chi connectivity index (χ2v) is 20.8. The molecular formula is C26H40O3Si2. The van der Waals surface area contributed by atoms with Gasteiger partial charge in [0.1, 0.15) is 0 Å². The number of carbonyl (C=O) groups excluding carboxylic acids is 1. The minimum Gasteiger partial charge on any atom is -0.466 e. The minimum atomic E-state index is -1.91. The van der Waals surface area contributed by atoms with E-state index in [1.807, 2.05) is 18.2 Å². The molecule has 2 rings (SSSR count). The highest BCUT2D eigenvalue weighted by Gasteiger charge is 2.39. The Balaban J connectivity index is 2.06. The second-order valence-electron chi connectivity index (χ2n) is 10.4. The maximum Gasteiger partial charge on any atom is 0.305 e. The summed E-state index contributed by atoms with van der Waals surface area (Å²) in [7, 11) is -3.13. The SMILES string of the molecule is C[C@@H](COCc1ccccc1)[C@H](CC(=O)OCC[Si](C)(C)C)[Si](C)(C)c1ccccc1. The first-order valence-electron chi connectivity index (χ1n) is 11.4. The molecule has 0 spiro atoms. The predicted molar refractivity (Wildman–Crippen MR) is 136 cm³/mol. The van der Waals surface area contributed by atoms with Crippen LogP contribution in [0.4, 0.5) is 0 Å². The van der Waals surface area contributed by atoms with Crippen molar-refractivity contribution in [2.24, 2.45) is 5.92 Å². The first kappa shape index (κ1) is 25.6. The molecule has 2 aromatic rings. The molecule has 0 radical (unpaired) electrons. The molecule has 2 atom stereocenters. The van der Waals surface area contributed by atoms with Crippen molar-refractivity contribution in [3.63, 3.8) is 0 Å². The third kappa shape index (κ3) is 8.75. The average molecular weight is 457 g/mol. The lowest BCUT2D eigenvalue weighted by Crippen LogP contribution is -2.49. The highest BCUT2D eigenvalue weighted by Crippen LogP contribution is 2.34. The van der Waals surface area contributed by atoms with E-state index in [0.29, 0.717) is 26.2 Å². The molecule has 0 saturated heterocycles. The van der Waals surface area contributed by atoms with E-state index < -0.39 is 16.1 Å². The van der Waals surface area contributed by atoms with Crippen LogP contribution in [0.5, 0.6) is 0 Å². The van der Waals surface area contributed by atoms with Gasteiger partial charge in [-0.3, -0.25) is 4.79 Å². The van der Waals surface area contributed by atoms with Crippen molar-refractivity contribution in [1.82, 2.24) is 0 Å². The zero-order valence-corrected chi connectivity index (χ0v) is 22.2. The van der Waals surface area contributed by atoms with Gasteiger partial charge < -0.3 is 9.47 Å². The molecule has 0 aliphatic rings. The van der Waals surface area contributed by atoms with Crippen LogP contribution in [-0.2, 0) is 20.9 Å². The summed E-state index contributed by atoms with van der Waals surface area (Å²) in [6.07, 6.45) is 0.468. The molecule has 3 nitrogen and oxygen atoms in total. The van der Waals surface area contributed by atoms with Crippen LogP contribution in [0.1, 0.15) is 18.9 Å². The highest BCUT2D eigenvalue weighted by molar-refractivity contribution is 6.91. The van der Waals surface area contributed by atoms with Crippen LogP contribution in [0.25, 0.3) is 0 Å². The van der Waals surface area contributed by atoms with Crippen LogP contribution >= 0.6 is 0 Å². The molecule has 0 aromatic heterocycles. The molecule has 0 N–H and O–H groups in total. The van der Waals surface area contributed by atoms with E-state index in [2.05, 4.69) is 82.1 Å². The Morgan fingerprint density at radius 2 is 1.48 bits per heavy atom. The molecule has 0 fully saturated rings. The van der Waals surface area contributed by atoms with E-state index in [-0.39, 0.29) is 17.4 Å². The van der Waals surface area contributed by atoms with Crippen molar-refractivity contribution in [1.29, 1.82) is 0 Å². The third-order valence-corrected chi connectivity index (χ3v) is 12.3. The number of benzene rings is 2. The van der Waals surface area contributed by atoms with Gasteiger partial charge in [-0.1, -0.05) is 106 Å². The smallest absolute Gasteiger partial charge is 0.305 e. The Hall–Kier alpha value is -1.70. The van der Waals surface area contributed by atoms with Crippen LogP contribution in [0.3, 0.4) is 0 Å². The van der Waals surface area contributed by atoms with Gasteiger partial charge in [0, 0.05) is 21.1 Å². The molecule has 31 heavy (non-hydrogen) atoms. The van der Waals surface area contributed by atoms with Crippen molar-refractivity contribution in [3.05, 3.63) is 66.2 Å². The number of hydrogen-bond donors (Lipinski definition) is 0. The van der Waals surface area contributed by atoms with E-state index in [0.717, 1.165) is 6.04 Å². The van der Waals surface area contributed by atoms with E-state index in [1.165, 1.54) is 10.8 Å². The van der Waals surface area contributed by atoms with Crippen molar-refractivity contribution < 1.29 is 14.3 Å². The fourth-order valence-electron chi connectivity index (χ4n) is 4.01. The summed E-state index contributed by atoms with van der Waals surface area (Å²) in [5.74, 6) is 0.213. The van der Waals surface area contributed by atoms with Crippen LogP contribution in [0, 0.1) is 5.92 Å². The second kappa shape index (κ2) is 11.8. The standard InChI is InChI=1S/C26H40O3Si2/c1-22(20-28-21-23-13-9-7-10-14-23)25(19-26(27)29-17-18-30(2,3)4)31(5,6)24-15-11-8-12-16-24/h7-16,22,25H,17-21H2,1-6H3/t22-,25-/m0/s1. The number of esters is 1. The topological polar surface area (TPSA) is 35.5 Å². The first-order valence-corrected chi connectivity index (χ1v) is 18.2. The normalized spacial score (nSPS) is 14.1. The number of rotatable bonds is 12. The van der Waals surface area contributed by atoms with Crippen LogP contribution < -0.4 is 5.19 Å². The van der Waals surface area contributed by atoms with Gasteiger partial charge in [-0.2, -0.15) is 0 Å².